The Bertz CT molecular complexity index is 3190. The molecule has 11 rings (SSSR count). The summed E-state index contributed by atoms with van der Waals surface area (Å²) in [6, 6.07) is 73.8. The standard InChI is InChI=1S/C52H34N2O/c1-3-13-35(14-4-1)36-27-29-41(30-28-36)53(43-31-32-45-39(34-43)26-25-37-15-7-8-20-44(37)45)42-19-11-16-38(33-42)46-22-12-23-48-50-52(55-51(46)48)47-21-9-10-24-49(47)54(50)40-17-5-2-6-18-40/h1-34H. The number of para-hydroxylation sites is 3. The van der Waals surface area contributed by atoms with E-state index in [1.807, 2.05) is 0 Å². The SMILES string of the molecule is c1ccc(-c2ccc(N(c3cccc(-c4cccc5c4oc4c6ccccc6n(-c6ccccc6)c54)c3)c3ccc4c(ccc5ccccc54)c3)cc2)cc1. The van der Waals surface area contributed by atoms with Gasteiger partial charge in [-0.3, -0.25) is 0 Å². The van der Waals surface area contributed by atoms with Gasteiger partial charge in [-0.05, 0) is 105 Å². The zero-order valence-electron chi connectivity index (χ0n) is 29.9. The van der Waals surface area contributed by atoms with E-state index >= 15 is 0 Å². The number of hydrogen-bond acceptors (Lipinski definition) is 2. The van der Waals surface area contributed by atoms with Crippen molar-refractivity contribution in [3.05, 3.63) is 206 Å². The predicted molar refractivity (Wildman–Crippen MR) is 231 cm³/mol. The minimum atomic E-state index is 0.886. The summed E-state index contributed by atoms with van der Waals surface area (Å²) < 4.78 is 9.26. The lowest BCUT2D eigenvalue weighted by molar-refractivity contribution is 0.674. The summed E-state index contributed by atoms with van der Waals surface area (Å²) in [5, 5.41) is 7.16. The summed E-state index contributed by atoms with van der Waals surface area (Å²) in [6.45, 7) is 0. The molecule has 258 valence electrons. The third-order valence-corrected chi connectivity index (χ3v) is 11.0. The summed E-state index contributed by atoms with van der Waals surface area (Å²) in [5.74, 6) is 0. The summed E-state index contributed by atoms with van der Waals surface area (Å²) >= 11 is 0. The summed E-state index contributed by atoms with van der Waals surface area (Å²) in [4.78, 5) is 2.36. The first-order valence-electron chi connectivity index (χ1n) is 18.8. The molecule has 55 heavy (non-hydrogen) atoms. The zero-order chi connectivity index (χ0) is 36.3. The second-order valence-corrected chi connectivity index (χ2v) is 14.1. The van der Waals surface area contributed by atoms with Crippen LogP contribution >= 0.6 is 0 Å². The molecule has 0 atom stereocenters. The number of aromatic nitrogens is 1. The molecule has 0 saturated heterocycles. The Labute approximate surface area is 318 Å². The van der Waals surface area contributed by atoms with Crippen LogP contribution in [0.1, 0.15) is 0 Å². The molecule has 2 heterocycles. The van der Waals surface area contributed by atoms with E-state index in [1.54, 1.807) is 0 Å². The van der Waals surface area contributed by atoms with Crippen molar-refractivity contribution >= 4 is 71.6 Å². The highest BCUT2D eigenvalue weighted by Crippen LogP contribution is 2.44. The highest BCUT2D eigenvalue weighted by atomic mass is 16.3. The summed E-state index contributed by atoms with van der Waals surface area (Å²) in [7, 11) is 0. The normalized spacial score (nSPS) is 11.6. The third kappa shape index (κ3) is 5.13. The second kappa shape index (κ2) is 12.6. The monoisotopic (exact) mass is 702 g/mol. The van der Waals surface area contributed by atoms with Crippen molar-refractivity contribution in [3.63, 3.8) is 0 Å². The summed E-state index contributed by atoms with van der Waals surface area (Å²) in [6.07, 6.45) is 0. The van der Waals surface area contributed by atoms with Gasteiger partial charge in [0.25, 0.3) is 0 Å². The molecule has 0 N–H and O–H groups in total. The van der Waals surface area contributed by atoms with E-state index in [4.69, 9.17) is 4.42 Å². The topological polar surface area (TPSA) is 21.3 Å². The van der Waals surface area contributed by atoms with Gasteiger partial charge in [-0.2, -0.15) is 0 Å². The highest BCUT2D eigenvalue weighted by molar-refractivity contribution is 6.18. The number of nitrogens with zero attached hydrogens (tertiary/aromatic N) is 2. The first kappa shape index (κ1) is 31.2. The van der Waals surface area contributed by atoms with Crippen molar-refractivity contribution in [1.82, 2.24) is 4.57 Å². The Kier molecular flexibility index (Phi) is 7.17. The fourth-order valence-corrected chi connectivity index (χ4v) is 8.40. The molecule has 0 spiro atoms. The van der Waals surface area contributed by atoms with Crippen molar-refractivity contribution < 1.29 is 4.42 Å². The Balaban J connectivity index is 1.09. The lowest BCUT2D eigenvalue weighted by atomic mass is 10.00. The summed E-state index contributed by atoms with van der Waals surface area (Å²) in [5.41, 5.74) is 12.9. The molecule has 9 aromatic carbocycles. The average Bonchev–Trinajstić information content (AvgIpc) is 3.80. The fourth-order valence-electron chi connectivity index (χ4n) is 8.40. The van der Waals surface area contributed by atoms with Gasteiger partial charge in [-0.15, -0.1) is 0 Å². The van der Waals surface area contributed by atoms with Crippen LogP contribution in [0.2, 0.25) is 0 Å². The number of furan rings is 1. The van der Waals surface area contributed by atoms with Crippen molar-refractivity contribution in [2.75, 3.05) is 4.90 Å². The predicted octanol–water partition coefficient (Wildman–Crippen LogP) is 14.6. The molecule has 11 aromatic rings. The van der Waals surface area contributed by atoms with Crippen LogP contribution in [0, 0.1) is 0 Å². The van der Waals surface area contributed by atoms with Crippen LogP contribution in [0.3, 0.4) is 0 Å². The number of fused-ring (bicyclic) bond motifs is 8. The maximum Gasteiger partial charge on any atom is 0.161 e. The lowest BCUT2D eigenvalue weighted by Gasteiger charge is -2.27. The van der Waals surface area contributed by atoms with E-state index in [0.717, 1.165) is 66.8 Å². The maximum absolute atomic E-state index is 6.93. The minimum Gasteiger partial charge on any atom is -0.453 e. The molecule has 0 radical (unpaired) electrons. The minimum absolute atomic E-state index is 0.886. The molecule has 0 aliphatic heterocycles. The highest BCUT2D eigenvalue weighted by Gasteiger charge is 2.22. The quantitative estimate of drug-likeness (QED) is 0.161. The first-order valence-corrected chi connectivity index (χ1v) is 18.8. The number of hydrogen-bond donors (Lipinski definition) is 0. The Hall–Kier alpha value is -7.36. The molecular formula is C52H34N2O. The van der Waals surface area contributed by atoms with Gasteiger partial charge in [0, 0.05) is 39.1 Å². The van der Waals surface area contributed by atoms with Crippen molar-refractivity contribution in [2.24, 2.45) is 0 Å². The van der Waals surface area contributed by atoms with E-state index in [0.29, 0.717) is 0 Å². The van der Waals surface area contributed by atoms with Gasteiger partial charge < -0.3 is 13.9 Å². The van der Waals surface area contributed by atoms with Gasteiger partial charge in [-0.25, -0.2) is 0 Å². The molecule has 0 unspecified atom stereocenters. The van der Waals surface area contributed by atoms with Gasteiger partial charge >= 0.3 is 0 Å². The largest absolute Gasteiger partial charge is 0.453 e. The Morgan fingerprint density at radius 1 is 0.364 bits per heavy atom. The van der Waals surface area contributed by atoms with Crippen molar-refractivity contribution in [1.29, 1.82) is 0 Å². The molecule has 0 amide bonds. The van der Waals surface area contributed by atoms with Crippen LogP contribution in [0.25, 0.3) is 82.5 Å². The van der Waals surface area contributed by atoms with Crippen LogP contribution in [0.5, 0.6) is 0 Å². The molecule has 0 aliphatic carbocycles. The number of anilines is 3. The van der Waals surface area contributed by atoms with E-state index in [-0.39, 0.29) is 0 Å². The van der Waals surface area contributed by atoms with E-state index in [1.165, 1.54) is 32.7 Å². The van der Waals surface area contributed by atoms with Gasteiger partial charge in [0.2, 0.25) is 0 Å². The third-order valence-electron chi connectivity index (χ3n) is 11.0. The molecular weight excluding hydrogens is 669 g/mol. The van der Waals surface area contributed by atoms with Crippen LogP contribution < -0.4 is 4.90 Å². The van der Waals surface area contributed by atoms with Crippen LogP contribution in [-0.2, 0) is 0 Å². The Morgan fingerprint density at radius 2 is 0.982 bits per heavy atom. The van der Waals surface area contributed by atoms with Crippen LogP contribution in [0.15, 0.2) is 211 Å². The second-order valence-electron chi connectivity index (χ2n) is 14.1. The maximum atomic E-state index is 6.93. The fraction of sp³-hybridized carbons (Fsp3) is 0. The molecule has 0 bridgehead atoms. The van der Waals surface area contributed by atoms with Crippen molar-refractivity contribution in [2.45, 2.75) is 0 Å². The van der Waals surface area contributed by atoms with Gasteiger partial charge in [-0.1, -0.05) is 140 Å². The zero-order valence-corrected chi connectivity index (χ0v) is 29.9. The number of rotatable bonds is 6. The Morgan fingerprint density at radius 3 is 1.84 bits per heavy atom. The van der Waals surface area contributed by atoms with Gasteiger partial charge in [0.1, 0.15) is 11.1 Å². The molecule has 0 saturated carbocycles. The van der Waals surface area contributed by atoms with Crippen LogP contribution in [-0.4, -0.2) is 4.57 Å². The average molecular weight is 703 g/mol. The smallest absolute Gasteiger partial charge is 0.161 e. The molecule has 0 aliphatic rings. The van der Waals surface area contributed by atoms with E-state index in [2.05, 4.69) is 216 Å². The molecule has 3 heteroatoms. The molecule has 2 aromatic heterocycles. The first-order chi connectivity index (χ1) is 27.3. The number of benzene rings is 9. The lowest BCUT2D eigenvalue weighted by Crippen LogP contribution is -2.10. The molecule has 0 fully saturated rings. The van der Waals surface area contributed by atoms with Crippen LogP contribution in [0.4, 0.5) is 17.1 Å². The van der Waals surface area contributed by atoms with Gasteiger partial charge in [0.05, 0.1) is 5.52 Å². The van der Waals surface area contributed by atoms with E-state index in [9.17, 15) is 0 Å². The van der Waals surface area contributed by atoms with E-state index < -0.39 is 0 Å². The van der Waals surface area contributed by atoms with Crippen molar-refractivity contribution in [3.8, 4) is 27.9 Å². The molecule has 3 nitrogen and oxygen atoms in total. The van der Waals surface area contributed by atoms with Gasteiger partial charge in [0.15, 0.2) is 5.58 Å².